The van der Waals surface area contributed by atoms with Crippen molar-refractivity contribution in [1.82, 2.24) is 9.24 Å². The minimum Gasteiger partial charge on any atom is -0.335 e. The highest BCUT2D eigenvalue weighted by atomic mass is 35.5. The number of benzene rings is 1. The molecule has 0 fully saturated rings. The average molecular weight is 349 g/mol. The third-order valence-electron chi connectivity index (χ3n) is 2.82. The van der Waals surface area contributed by atoms with Crippen LogP contribution in [0.25, 0.3) is 5.69 Å². The van der Waals surface area contributed by atoms with Gasteiger partial charge in [-0.05, 0) is 18.2 Å². The predicted octanol–water partition coefficient (Wildman–Crippen LogP) is 1.40. The molecular formula is C12H5ClF4N4O2. The van der Waals surface area contributed by atoms with E-state index in [1.54, 1.807) is 6.07 Å². The number of alkyl halides is 3. The van der Waals surface area contributed by atoms with E-state index in [9.17, 15) is 27.2 Å². The Bertz CT molecular complexity index is 918. The third kappa shape index (κ3) is 2.66. The number of nitriles is 1. The number of halogens is 5. The number of rotatable bonds is 1. The lowest BCUT2D eigenvalue weighted by Crippen LogP contribution is -2.46. The minimum absolute atomic E-state index is 0.0497. The van der Waals surface area contributed by atoms with Gasteiger partial charge in [0, 0.05) is 0 Å². The fourth-order valence-corrected chi connectivity index (χ4v) is 2.11. The lowest BCUT2D eigenvalue weighted by molar-refractivity contribution is -0.143. The maximum absolute atomic E-state index is 13.9. The standard InChI is InChI=1S/C12H5ClF4N4O2/c13-8-9(12(15,16)17)21(19)11(23)20(10(8)22)7-2-1-5(4-18)3-6(7)14/h1-3H,19H2. The summed E-state index contributed by atoms with van der Waals surface area (Å²) in [5.74, 6) is 3.87. The molecule has 1 aromatic carbocycles. The molecule has 2 rings (SSSR count). The first-order valence-corrected chi connectivity index (χ1v) is 6.07. The first-order chi connectivity index (χ1) is 10.6. The highest BCUT2D eigenvalue weighted by Crippen LogP contribution is 2.31. The van der Waals surface area contributed by atoms with E-state index < -0.39 is 39.6 Å². The second kappa shape index (κ2) is 5.44. The molecule has 11 heteroatoms. The van der Waals surface area contributed by atoms with Crippen LogP contribution in [0.2, 0.25) is 5.02 Å². The summed E-state index contributed by atoms with van der Waals surface area (Å²) in [4.78, 5) is 23.9. The lowest BCUT2D eigenvalue weighted by Gasteiger charge is -2.15. The predicted molar refractivity (Wildman–Crippen MR) is 71.1 cm³/mol. The third-order valence-corrected chi connectivity index (χ3v) is 3.16. The normalized spacial score (nSPS) is 11.3. The summed E-state index contributed by atoms with van der Waals surface area (Å²) in [7, 11) is 0. The summed E-state index contributed by atoms with van der Waals surface area (Å²) >= 11 is 5.35. The smallest absolute Gasteiger partial charge is 0.335 e. The van der Waals surface area contributed by atoms with Crippen molar-refractivity contribution in [3.05, 3.63) is 61.1 Å². The zero-order valence-corrected chi connectivity index (χ0v) is 11.6. The highest BCUT2D eigenvalue weighted by molar-refractivity contribution is 6.31. The largest absolute Gasteiger partial charge is 0.435 e. The molecule has 2 aromatic rings. The van der Waals surface area contributed by atoms with Gasteiger partial charge >= 0.3 is 11.9 Å². The van der Waals surface area contributed by atoms with Crippen molar-refractivity contribution in [2.75, 3.05) is 5.84 Å². The molecule has 0 bridgehead atoms. The number of aromatic nitrogens is 2. The van der Waals surface area contributed by atoms with Gasteiger partial charge in [0.2, 0.25) is 0 Å². The van der Waals surface area contributed by atoms with E-state index in [1.807, 2.05) is 0 Å². The van der Waals surface area contributed by atoms with E-state index in [0.29, 0.717) is 6.07 Å². The summed E-state index contributed by atoms with van der Waals surface area (Å²) in [5, 5.41) is 7.24. The Morgan fingerprint density at radius 1 is 1.26 bits per heavy atom. The monoisotopic (exact) mass is 348 g/mol. The van der Waals surface area contributed by atoms with Crippen LogP contribution in [0.1, 0.15) is 11.3 Å². The van der Waals surface area contributed by atoms with Gasteiger partial charge in [0.1, 0.15) is 10.8 Å². The first kappa shape index (κ1) is 16.6. The molecule has 120 valence electrons. The maximum Gasteiger partial charge on any atom is 0.435 e. The van der Waals surface area contributed by atoms with E-state index >= 15 is 0 Å². The van der Waals surface area contributed by atoms with Gasteiger partial charge in [-0.1, -0.05) is 11.6 Å². The van der Waals surface area contributed by atoms with Gasteiger partial charge in [0.25, 0.3) is 5.56 Å². The van der Waals surface area contributed by atoms with Gasteiger partial charge in [0.05, 0.1) is 17.3 Å². The van der Waals surface area contributed by atoms with Crippen LogP contribution >= 0.6 is 11.6 Å². The van der Waals surface area contributed by atoms with Crippen molar-refractivity contribution >= 4 is 11.6 Å². The first-order valence-electron chi connectivity index (χ1n) is 5.69. The van der Waals surface area contributed by atoms with Crippen LogP contribution in [-0.4, -0.2) is 9.24 Å². The van der Waals surface area contributed by atoms with Gasteiger partial charge in [-0.3, -0.25) is 4.79 Å². The summed E-state index contributed by atoms with van der Waals surface area (Å²) in [5.41, 5.74) is -5.89. The Morgan fingerprint density at radius 2 is 1.87 bits per heavy atom. The fraction of sp³-hybridized carbons (Fsp3) is 0.0833. The molecule has 0 saturated heterocycles. The number of hydrogen-bond acceptors (Lipinski definition) is 4. The maximum atomic E-state index is 13.9. The molecule has 2 N–H and O–H groups in total. The summed E-state index contributed by atoms with van der Waals surface area (Å²) in [6.45, 7) is 0. The van der Waals surface area contributed by atoms with Crippen LogP contribution in [0.4, 0.5) is 17.6 Å². The topological polar surface area (TPSA) is 93.8 Å². The van der Waals surface area contributed by atoms with Crippen molar-refractivity contribution in [1.29, 1.82) is 5.26 Å². The fourth-order valence-electron chi connectivity index (χ4n) is 1.83. The van der Waals surface area contributed by atoms with Crippen molar-refractivity contribution in [3.8, 4) is 11.8 Å². The molecule has 1 heterocycles. The Balaban J connectivity index is 2.90. The van der Waals surface area contributed by atoms with Gasteiger partial charge in [-0.15, -0.1) is 0 Å². The van der Waals surface area contributed by atoms with E-state index in [-0.39, 0.29) is 14.8 Å². The second-order valence-electron chi connectivity index (χ2n) is 4.23. The van der Waals surface area contributed by atoms with Crippen LogP contribution in [0.15, 0.2) is 27.8 Å². The summed E-state index contributed by atoms with van der Waals surface area (Å²) < 4.78 is 52.0. The van der Waals surface area contributed by atoms with Gasteiger partial charge < -0.3 is 5.84 Å². The molecule has 23 heavy (non-hydrogen) atoms. The molecule has 0 aliphatic rings. The summed E-state index contributed by atoms with van der Waals surface area (Å²) in [6.07, 6.45) is -5.16. The minimum atomic E-state index is -5.16. The highest BCUT2D eigenvalue weighted by Gasteiger charge is 2.39. The molecule has 0 unspecified atom stereocenters. The second-order valence-corrected chi connectivity index (χ2v) is 4.61. The summed E-state index contributed by atoms with van der Waals surface area (Å²) in [6, 6.07) is 4.26. The molecule has 0 spiro atoms. The van der Waals surface area contributed by atoms with Gasteiger partial charge in [-0.2, -0.15) is 18.4 Å². The molecule has 0 atom stereocenters. The number of hydrogen-bond donors (Lipinski definition) is 1. The molecule has 0 aliphatic heterocycles. The van der Waals surface area contributed by atoms with E-state index in [1.165, 1.54) is 0 Å². The molecule has 1 aromatic heterocycles. The lowest BCUT2D eigenvalue weighted by atomic mass is 10.2. The quantitative estimate of drug-likeness (QED) is 0.622. The SMILES string of the molecule is N#Cc1ccc(-n2c(=O)c(Cl)c(C(F)(F)F)n(N)c2=O)c(F)c1. The van der Waals surface area contributed by atoms with Crippen molar-refractivity contribution in [2.45, 2.75) is 6.18 Å². The van der Waals surface area contributed by atoms with Gasteiger partial charge in [0.15, 0.2) is 5.69 Å². The van der Waals surface area contributed by atoms with Gasteiger partial charge in [-0.25, -0.2) is 18.4 Å². The number of nitrogens with zero attached hydrogens (tertiary/aromatic N) is 3. The Labute approximate surface area is 129 Å². The average Bonchev–Trinajstić information content (AvgIpc) is 2.45. The molecule has 0 saturated carbocycles. The Kier molecular flexibility index (Phi) is 3.92. The van der Waals surface area contributed by atoms with Crippen molar-refractivity contribution in [2.24, 2.45) is 0 Å². The van der Waals surface area contributed by atoms with Crippen LogP contribution < -0.4 is 17.1 Å². The van der Waals surface area contributed by atoms with E-state index in [4.69, 9.17) is 22.7 Å². The van der Waals surface area contributed by atoms with Crippen LogP contribution in [-0.2, 0) is 6.18 Å². The Morgan fingerprint density at radius 3 is 2.35 bits per heavy atom. The van der Waals surface area contributed by atoms with E-state index in [0.717, 1.165) is 12.1 Å². The zero-order valence-electron chi connectivity index (χ0n) is 10.9. The molecule has 0 radical (unpaired) electrons. The zero-order chi connectivity index (χ0) is 17.5. The van der Waals surface area contributed by atoms with Crippen molar-refractivity contribution in [3.63, 3.8) is 0 Å². The molecule has 0 aliphatic carbocycles. The van der Waals surface area contributed by atoms with Crippen molar-refractivity contribution < 1.29 is 17.6 Å². The molecular weight excluding hydrogens is 344 g/mol. The van der Waals surface area contributed by atoms with Crippen LogP contribution in [0.3, 0.4) is 0 Å². The van der Waals surface area contributed by atoms with Crippen LogP contribution in [0.5, 0.6) is 0 Å². The van der Waals surface area contributed by atoms with E-state index in [2.05, 4.69) is 0 Å². The van der Waals surface area contributed by atoms with Crippen LogP contribution in [0, 0.1) is 17.1 Å². The number of nitrogens with two attached hydrogens (primary N) is 1. The Hall–Kier alpha value is -2.80. The molecule has 0 amide bonds. The number of nitrogen functional groups attached to an aromatic ring is 1. The molecule has 6 nitrogen and oxygen atoms in total.